The van der Waals surface area contributed by atoms with Crippen molar-refractivity contribution < 1.29 is 14.8 Å². The first-order valence-electron chi connectivity index (χ1n) is 7.07. The van der Waals surface area contributed by atoms with Gasteiger partial charge < -0.3 is 14.8 Å². The minimum Gasteiger partial charge on any atom is -0.362 e. The fraction of sp³-hybridized carbons (Fsp3) is 1.00. The first kappa shape index (κ1) is 17.2. The van der Waals surface area contributed by atoms with Gasteiger partial charge in [0.05, 0.1) is 0 Å². The van der Waals surface area contributed by atoms with Crippen molar-refractivity contribution in [1.29, 1.82) is 0 Å². The number of hydrogen-bond donors (Lipinski definition) is 2. The van der Waals surface area contributed by atoms with Gasteiger partial charge in [-0.25, -0.2) is 0 Å². The van der Waals surface area contributed by atoms with Crippen LogP contribution in [0.25, 0.3) is 0 Å². The molecule has 0 aromatic carbocycles. The highest BCUT2D eigenvalue weighted by atomic mass is 31.1. The van der Waals surface area contributed by atoms with Crippen LogP contribution in [0.5, 0.6) is 0 Å². The molecule has 0 amide bonds. The monoisotopic (exact) mass is 264 g/mol. The molecule has 0 aliphatic carbocycles. The molecule has 2 N–H and O–H groups in total. The summed E-state index contributed by atoms with van der Waals surface area (Å²) in [5, 5.41) is 17.3. The molecule has 0 spiro atoms. The maximum Gasteiger partial charge on any atom is 0.203 e. The van der Waals surface area contributed by atoms with E-state index in [1.165, 1.54) is 51.4 Å². The van der Waals surface area contributed by atoms with Gasteiger partial charge in [0.1, 0.15) is 7.80 Å². The normalized spacial score (nSPS) is 13.2. The van der Waals surface area contributed by atoms with Crippen molar-refractivity contribution in [3.8, 4) is 0 Å². The summed E-state index contributed by atoms with van der Waals surface area (Å²) >= 11 is 0. The van der Waals surface area contributed by atoms with E-state index in [9.17, 15) is 4.57 Å². The Bertz CT molecular complexity index is 184. The van der Waals surface area contributed by atoms with Crippen molar-refractivity contribution in [3.05, 3.63) is 0 Å². The molecule has 0 bridgehead atoms. The number of unbranched alkanes of at least 4 members (excludes halogenated alkanes) is 9. The van der Waals surface area contributed by atoms with Crippen LogP contribution >= 0.6 is 7.80 Å². The summed E-state index contributed by atoms with van der Waals surface area (Å²) < 4.78 is 11.1. The number of rotatable bonds is 12. The molecular formula is C13H29O3P. The van der Waals surface area contributed by atoms with Crippen molar-refractivity contribution in [1.82, 2.24) is 0 Å². The second-order valence-electron chi connectivity index (χ2n) is 4.77. The standard InChI is InChI=1S/C13H29O3P/c1-2-3-4-5-6-7-8-9-10-11-12-17(16)13(14)15/h13-15,17H,2-12H2,1H3. The Labute approximate surface area is 106 Å². The highest BCUT2D eigenvalue weighted by Gasteiger charge is 2.07. The van der Waals surface area contributed by atoms with Crippen LogP contribution in [0, 0.1) is 0 Å². The van der Waals surface area contributed by atoms with Crippen LogP contribution in [-0.4, -0.2) is 22.4 Å². The van der Waals surface area contributed by atoms with Crippen LogP contribution in [0.4, 0.5) is 0 Å². The zero-order chi connectivity index (χ0) is 12.9. The van der Waals surface area contributed by atoms with E-state index < -0.39 is 13.8 Å². The zero-order valence-electron chi connectivity index (χ0n) is 11.2. The van der Waals surface area contributed by atoms with Crippen LogP contribution in [0.15, 0.2) is 0 Å². The number of aliphatic hydroxyl groups is 2. The van der Waals surface area contributed by atoms with Crippen molar-refractivity contribution >= 4 is 7.80 Å². The van der Waals surface area contributed by atoms with E-state index >= 15 is 0 Å². The van der Waals surface area contributed by atoms with Crippen LogP contribution in [-0.2, 0) is 4.57 Å². The fourth-order valence-electron chi connectivity index (χ4n) is 1.92. The van der Waals surface area contributed by atoms with E-state index in [-0.39, 0.29) is 0 Å². The largest absolute Gasteiger partial charge is 0.362 e. The molecule has 4 heteroatoms. The summed E-state index contributed by atoms with van der Waals surface area (Å²) in [5.74, 6) is 0. The molecule has 0 fully saturated rings. The van der Waals surface area contributed by atoms with Crippen molar-refractivity contribution in [2.75, 3.05) is 6.16 Å². The van der Waals surface area contributed by atoms with Gasteiger partial charge in [-0.3, -0.25) is 0 Å². The SMILES string of the molecule is CCCCCCCCCCCC[PH](=O)C(O)O. The second-order valence-corrected chi connectivity index (χ2v) is 6.72. The topological polar surface area (TPSA) is 57.5 Å². The summed E-state index contributed by atoms with van der Waals surface area (Å²) in [7, 11) is -2.15. The molecule has 0 rings (SSSR count). The van der Waals surface area contributed by atoms with Crippen LogP contribution in [0.1, 0.15) is 71.1 Å². The van der Waals surface area contributed by atoms with E-state index in [1.54, 1.807) is 0 Å². The second kappa shape index (κ2) is 12.6. The van der Waals surface area contributed by atoms with Gasteiger partial charge in [-0.15, -0.1) is 0 Å². The molecule has 1 unspecified atom stereocenters. The zero-order valence-corrected chi connectivity index (χ0v) is 12.2. The van der Waals surface area contributed by atoms with Crippen LogP contribution < -0.4 is 0 Å². The molecule has 0 saturated heterocycles. The van der Waals surface area contributed by atoms with Gasteiger partial charge in [0.25, 0.3) is 0 Å². The maximum absolute atomic E-state index is 11.1. The van der Waals surface area contributed by atoms with E-state index in [0.717, 1.165) is 12.8 Å². The summed E-state index contributed by atoms with van der Waals surface area (Å²) in [6, 6.07) is -1.58. The molecule has 104 valence electrons. The summed E-state index contributed by atoms with van der Waals surface area (Å²) in [4.78, 5) is 0. The summed E-state index contributed by atoms with van der Waals surface area (Å²) in [6.45, 7) is 2.23. The molecule has 0 aliphatic heterocycles. The molecule has 0 aliphatic rings. The molecule has 0 heterocycles. The van der Waals surface area contributed by atoms with E-state index in [1.807, 2.05) is 0 Å². The van der Waals surface area contributed by atoms with Crippen LogP contribution in [0.2, 0.25) is 0 Å². The lowest BCUT2D eigenvalue weighted by atomic mass is 10.1. The van der Waals surface area contributed by atoms with Gasteiger partial charge >= 0.3 is 0 Å². The average molecular weight is 264 g/mol. The smallest absolute Gasteiger partial charge is 0.203 e. The number of hydrogen-bond acceptors (Lipinski definition) is 3. The Morgan fingerprint density at radius 1 is 0.824 bits per heavy atom. The lowest BCUT2D eigenvalue weighted by Gasteiger charge is -2.04. The minimum atomic E-state index is -2.15. The summed E-state index contributed by atoms with van der Waals surface area (Å²) in [5.41, 5.74) is 0. The molecule has 0 radical (unpaired) electrons. The lowest BCUT2D eigenvalue weighted by Crippen LogP contribution is -1.99. The van der Waals surface area contributed by atoms with Gasteiger partial charge in [-0.1, -0.05) is 64.7 Å². The molecule has 3 nitrogen and oxygen atoms in total. The third kappa shape index (κ3) is 12.4. The van der Waals surface area contributed by atoms with E-state index in [4.69, 9.17) is 10.2 Å². The predicted octanol–water partition coefficient (Wildman–Crippen LogP) is 3.74. The Balaban J connectivity index is 3.06. The van der Waals surface area contributed by atoms with Crippen LogP contribution in [0.3, 0.4) is 0 Å². The first-order chi connectivity index (χ1) is 8.18. The molecule has 1 atom stereocenters. The highest BCUT2D eigenvalue weighted by Crippen LogP contribution is 2.26. The molecule has 0 aromatic rings. The van der Waals surface area contributed by atoms with Crippen molar-refractivity contribution in [3.63, 3.8) is 0 Å². The highest BCUT2D eigenvalue weighted by molar-refractivity contribution is 7.44. The summed E-state index contributed by atoms with van der Waals surface area (Å²) in [6.07, 6.45) is 12.9. The Morgan fingerprint density at radius 3 is 1.65 bits per heavy atom. The Morgan fingerprint density at radius 2 is 1.24 bits per heavy atom. The van der Waals surface area contributed by atoms with Gasteiger partial charge in [0.2, 0.25) is 6.03 Å². The van der Waals surface area contributed by atoms with Crippen molar-refractivity contribution in [2.24, 2.45) is 0 Å². The Hall–Kier alpha value is 0.150. The molecule has 17 heavy (non-hydrogen) atoms. The molecule has 0 saturated carbocycles. The maximum atomic E-state index is 11.1. The van der Waals surface area contributed by atoms with Crippen molar-refractivity contribution in [2.45, 2.75) is 77.2 Å². The fourth-order valence-corrected chi connectivity index (χ4v) is 2.77. The number of aliphatic hydroxyl groups excluding tert-OH is 1. The van der Waals surface area contributed by atoms with E-state index in [0.29, 0.717) is 6.16 Å². The van der Waals surface area contributed by atoms with Gasteiger partial charge in [-0.2, -0.15) is 0 Å². The third-order valence-corrected chi connectivity index (χ3v) is 4.49. The predicted molar refractivity (Wildman–Crippen MR) is 73.9 cm³/mol. The van der Waals surface area contributed by atoms with Gasteiger partial charge in [0.15, 0.2) is 0 Å². The average Bonchev–Trinajstić information content (AvgIpc) is 2.31. The minimum absolute atomic E-state index is 0.485. The van der Waals surface area contributed by atoms with Gasteiger partial charge in [0, 0.05) is 6.16 Å². The van der Waals surface area contributed by atoms with Gasteiger partial charge in [-0.05, 0) is 6.42 Å². The molecular weight excluding hydrogens is 235 g/mol. The quantitative estimate of drug-likeness (QED) is 0.321. The first-order valence-corrected chi connectivity index (χ1v) is 8.76. The lowest BCUT2D eigenvalue weighted by molar-refractivity contribution is 0.0320. The Kier molecular flexibility index (Phi) is 12.7. The molecule has 0 aromatic heterocycles. The third-order valence-electron chi connectivity index (χ3n) is 3.06. The van der Waals surface area contributed by atoms with E-state index in [2.05, 4.69) is 6.92 Å².